The molecular formula is C31H25N3O. The molecule has 170 valence electrons. The van der Waals surface area contributed by atoms with Crippen molar-refractivity contribution in [2.75, 3.05) is 10.6 Å². The van der Waals surface area contributed by atoms with Crippen LogP contribution in [0, 0.1) is 0 Å². The highest BCUT2D eigenvalue weighted by Crippen LogP contribution is 2.52. The third-order valence-electron chi connectivity index (χ3n) is 6.70. The molecule has 4 aromatic rings. The van der Waals surface area contributed by atoms with Crippen molar-refractivity contribution in [3.05, 3.63) is 126 Å². The summed E-state index contributed by atoms with van der Waals surface area (Å²) in [4.78, 5) is 6.41. The summed E-state index contributed by atoms with van der Waals surface area (Å²) < 4.78 is 6.06. The minimum Gasteiger partial charge on any atom is -0.453 e. The summed E-state index contributed by atoms with van der Waals surface area (Å²) in [5.41, 5.74) is 15.2. The lowest BCUT2D eigenvalue weighted by Crippen LogP contribution is -2.15. The highest BCUT2D eigenvalue weighted by atomic mass is 16.5. The van der Waals surface area contributed by atoms with Gasteiger partial charge in [0.1, 0.15) is 11.4 Å². The van der Waals surface area contributed by atoms with E-state index in [1.54, 1.807) is 0 Å². The first-order valence-corrected chi connectivity index (χ1v) is 11.7. The van der Waals surface area contributed by atoms with Gasteiger partial charge in [0.25, 0.3) is 0 Å². The Kier molecular flexibility index (Phi) is 5.19. The molecule has 0 aromatic heterocycles. The number of anilines is 3. The number of hydrogen-bond donors (Lipinski definition) is 1. The molecule has 1 heterocycles. The van der Waals surface area contributed by atoms with Crippen LogP contribution < -0.4 is 15.4 Å². The van der Waals surface area contributed by atoms with Crippen LogP contribution in [0.25, 0.3) is 5.57 Å². The molecule has 1 unspecified atom stereocenters. The molecule has 0 radical (unpaired) electrons. The van der Waals surface area contributed by atoms with Crippen LogP contribution in [0.1, 0.15) is 23.5 Å². The van der Waals surface area contributed by atoms with Crippen LogP contribution in [0.5, 0.6) is 11.5 Å². The van der Waals surface area contributed by atoms with Gasteiger partial charge in [0, 0.05) is 23.0 Å². The van der Waals surface area contributed by atoms with Gasteiger partial charge in [-0.25, -0.2) is 0 Å². The van der Waals surface area contributed by atoms with Gasteiger partial charge in [-0.15, -0.1) is 0 Å². The van der Waals surface area contributed by atoms with Crippen molar-refractivity contribution in [1.82, 2.24) is 0 Å². The molecule has 4 heteroatoms. The minimum atomic E-state index is 0.300. The van der Waals surface area contributed by atoms with Crippen LogP contribution in [0.3, 0.4) is 0 Å². The average molecular weight is 456 g/mol. The molecule has 35 heavy (non-hydrogen) atoms. The van der Waals surface area contributed by atoms with Crippen molar-refractivity contribution in [3.8, 4) is 11.5 Å². The lowest BCUT2D eigenvalue weighted by Gasteiger charge is -2.26. The zero-order valence-corrected chi connectivity index (χ0v) is 19.3. The van der Waals surface area contributed by atoms with Gasteiger partial charge in [-0.3, -0.25) is 4.99 Å². The molecule has 4 nitrogen and oxygen atoms in total. The van der Waals surface area contributed by atoms with E-state index >= 15 is 0 Å². The number of nitrogen functional groups attached to an aromatic ring is 1. The zero-order chi connectivity index (χ0) is 23.8. The molecule has 0 saturated heterocycles. The summed E-state index contributed by atoms with van der Waals surface area (Å²) in [7, 11) is 0. The Morgan fingerprint density at radius 1 is 0.829 bits per heavy atom. The number of benzene rings is 4. The molecule has 0 saturated carbocycles. The Labute approximate surface area is 205 Å². The first-order valence-electron chi connectivity index (χ1n) is 11.7. The second-order valence-corrected chi connectivity index (χ2v) is 8.75. The van der Waals surface area contributed by atoms with Crippen molar-refractivity contribution in [2.45, 2.75) is 12.3 Å². The lowest BCUT2D eigenvalue weighted by molar-refractivity contribution is 0.486. The number of allylic oxidation sites excluding steroid dienone is 4. The van der Waals surface area contributed by atoms with Crippen LogP contribution in [0.15, 0.2) is 120 Å². The monoisotopic (exact) mass is 455 g/mol. The van der Waals surface area contributed by atoms with Gasteiger partial charge in [-0.1, -0.05) is 60.7 Å². The molecule has 2 aliphatic rings. The first kappa shape index (κ1) is 21.0. The molecule has 2 N–H and O–H groups in total. The van der Waals surface area contributed by atoms with E-state index in [4.69, 9.17) is 10.5 Å². The van der Waals surface area contributed by atoms with Gasteiger partial charge in [-0.2, -0.15) is 0 Å². The third-order valence-corrected chi connectivity index (χ3v) is 6.70. The Bertz CT molecular complexity index is 1490. The predicted molar refractivity (Wildman–Crippen MR) is 145 cm³/mol. The third kappa shape index (κ3) is 3.69. The number of ether oxygens (including phenoxy) is 1. The van der Waals surface area contributed by atoms with E-state index in [2.05, 4.69) is 89.4 Å². The molecule has 0 fully saturated rings. The highest BCUT2D eigenvalue weighted by Gasteiger charge is 2.36. The fourth-order valence-electron chi connectivity index (χ4n) is 5.03. The predicted octanol–water partition coefficient (Wildman–Crippen LogP) is 8.00. The number of fused-ring (bicyclic) bond motifs is 3. The second kappa shape index (κ2) is 8.65. The minimum absolute atomic E-state index is 0.300. The van der Waals surface area contributed by atoms with Crippen molar-refractivity contribution >= 4 is 35.0 Å². The number of hydrogen-bond acceptors (Lipinski definition) is 4. The zero-order valence-electron chi connectivity index (χ0n) is 19.3. The largest absolute Gasteiger partial charge is 0.453 e. The second-order valence-electron chi connectivity index (χ2n) is 8.75. The quantitative estimate of drug-likeness (QED) is 0.245. The summed E-state index contributed by atoms with van der Waals surface area (Å²) >= 11 is 0. The normalized spacial score (nSPS) is 16.1. The van der Waals surface area contributed by atoms with E-state index in [1.165, 1.54) is 28.2 Å². The highest BCUT2D eigenvalue weighted by molar-refractivity contribution is 5.83. The Morgan fingerprint density at radius 2 is 1.60 bits per heavy atom. The number of nitrogens with zero attached hydrogens (tertiary/aromatic N) is 2. The molecule has 0 bridgehead atoms. The van der Waals surface area contributed by atoms with E-state index in [9.17, 15) is 0 Å². The molecule has 0 spiro atoms. The van der Waals surface area contributed by atoms with E-state index in [1.807, 2.05) is 36.4 Å². The summed E-state index contributed by atoms with van der Waals surface area (Å²) in [5.74, 6) is 1.54. The SMILES string of the molecule is C=Nc1ccccc1Oc1ccc(C2=CC=C3C(C2)c2ccccc2N3c2ccccc2)cc1N. The van der Waals surface area contributed by atoms with Gasteiger partial charge in [0.05, 0.1) is 5.69 Å². The van der Waals surface area contributed by atoms with Crippen LogP contribution in [0.4, 0.5) is 22.7 Å². The van der Waals surface area contributed by atoms with Gasteiger partial charge in [0.2, 0.25) is 0 Å². The van der Waals surface area contributed by atoms with E-state index in [0.717, 1.165) is 12.0 Å². The summed E-state index contributed by atoms with van der Waals surface area (Å²) in [6.07, 6.45) is 5.39. The molecule has 6 rings (SSSR count). The van der Waals surface area contributed by atoms with Crippen molar-refractivity contribution in [2.24, 2.45) is 4.99 Å². The maximum atomic E-state index is 6.43. The fraction of sp³-hybridized carbons (Fsp3) is 0.0645. The smallest absolute Gasteiger partial charge is 0.153 e. The maximum absolute atomic E-state index is 6.43. The average Bonchev–Trinajstić information content (AvgIpc) is 3.24. The standard InChI is InChI=1S/C31H25N3O/c1-33-27-12-6-8-14-31(27)35-30-18-16-22(20-26(30)32)21-15-17-29-25(19-21)24-11-5-7-13-28(24)34(29)23-9-3-2-4-10-23/h2-18,20,25H,1,19,32H2. The van der Waals surface area contributed by atoms with Gasteiger partial charge in [0.15, 0.2) is 5.75 Å². The van der Waals surface area contributed by atoms with E-state index in [0.29, 0.717) is 28.8 Å². The van der Waals surface area contributed by atoms with E-state index < -0.39 is 0 Å². The summed E-state index contributed by atoms with van der Waals surface area (Å²) in [6.45, 7) is 3.62. The Morgan fingerprint density at radius 3 is 2.43 bits per heavy atom. The van der Waals surface area contributed by atoms with Crippen LogP contribution in [-0.2, 0) is 0 Å². The number of rotatable bonds is 5. The van der Waals surface area contributed by atoms with Crippen LogP contribution in [-0.4, -0.2) is 6.72 Å². The molecular weight excluding hydrogens is 430 g/mol. The topological polar surface area (TPSA) is 50.8 Å². The van der Waals surface area contributed by atoms with Crippen molar-refractivity contribution < 1.29 is 4.74 Å². The first-order chi connectivity index (χ1) is 17.2. The molecule has 0 amide bonds. The van der Waals surface area contributed by atoms with E-state index in [-0.39, 0.29) is 0 Å². The Balaban J connectivity index is 1.33. The molecule has 1 aliphatic heterocycles. The number of aliphatic imine (C=N–C) groups is 1. The summed E-state index contributed by atoms with van der Waals surface area (Å²) in [6, 6.07) is 32.8. The van der Waals surface area contributed by atoms with Crippen molar-refractivity contribution in [3.63, 3.8) is 0 Å². The maximum Gasteiger partial charge on any atom is 0.153 e. The number of para-hydroxylation sites is 4. The van der Waals surface area contributed by atoms with Gasteiger partial charge < -0.3 is 15.4 Å². The van der Waals surface area contributed by atoms with Gasteiger partial charge >= 0.3 is 0 Å². The lowest BCUT2D eigenvalue weighted by atomic mass is 9.85. The number of nitrogens with two attached hydrogens (primary N) is 1. The fourth-order valence-corrected chi connectivity index (χ4v) is 5.03. The van der Waals surface area contributed by atoms with Crippen molar-refractivity contribution in [1.29, 1.82) is 0 Å². The Hall–Kier alpha value is -4.57. The van der Waals surface area contributed by atoms with Gasteiger partial charge in [-0.05, 0) is 78.4 Å². The van der Waals surface area contributed by atoms with Crippen LogP contribution in [0.2, 0.25) is 0 Å². The van der Waals surface area contributed by atoms with Crippen LogP contribution >= 0.6 is 0 Å². The molecule has 4 aromatic carbocycles. The summed E-state index contributed by atoms with van der Waals surface area (Å²) in [5, 5.41) is 0. The molecule has 1 aliphatic carbocycles. The molecule has 1 atom stereocenters.